The molecule has 0 spiro atoms. The van der Waals surface area contributed by atoms with Crippen molar-refractivity contribution in [2.75, 3.05) is 4.90 Å². The van der Waals surface area contributed by atoms with Gasteiger partial charge in [-0.05, 0) is 74.3 Å². The first-order valence-electron chi connectivity index (χ1n) is 18.5. The Kier molecular flexibility index (Phi) is 7.68. The Morgan fingerprint density at radius 3 is 1.93 bits per heavy atom. The Hall–Kier alpha value is -6.14. The largest absolute Gasteiger partial charge is 0.294 e. The summed E-state index contributed by atoms with van der Waals surface area (Å²) in [6.07, 6.45) is 3.80. The van der Waals surface area contributed by atoms with Crippen LogP contribution < -0.4 is 25.6 Å². The van der Waals surface area contributed by atoms with Gasteiger partial charge in [0.1, 0.15) is 5.82 Å². The molecule has 1 aliphatic heterocycles. The van der Waals surface area contributed by atoms with E-state index in [9.17, 15) is 0 Å². The molecule has 0 atom stereocenters. The number of benzene rings is 6. The number of anilines is 3. The normalized spacial score (nSPS) is 13.5. The van der Waals surface area contributed by atoms with Gasteiger partial charge < -0.3 is 0 Å². The summed E-state index contributed by atoms with van der Waals surface area (Å²) < 4.78 is 2.65. The van der Waals surface area contributed by atoms with Crippen LogP contribution in [-0.2, 0) is 5.41 Å². The van der Waals surface area contributed by atoms with Gasteiger partial charge in [0.05, 0.1) is 17.1 Å². The molecule has 3 aromatic heterocycles. The van der Waals surface area contributed by atoms with Gasteiger partial charge in [0.15, 0.2) is 8.07 Å². The fourth-order valence-electron chi connectivity index (χ4n) is 8.96. The van der Waals surface area contributed by atoms with E-state index in [1.807, 2.05) is 35.9 Å². The fourth-order valence-corrected chi connectivity index (χ4v) is 15.6. The minimum atomic E-state index is -3.08. The van der Waals surface area contributed by atoms with Gasteiger partial charge in [-0.25, -0.2) is 4.98 Å². The van der Waals surface area contributed by atoms with Gasteiger partial charge in [0.25, 0.3) is 0 Å². The molecule has 0 N–H and O–H groups in total. The minimum absolute atomic E-state index is 0.291. The molecule has 0 aliphatic carbocycles. The highest BCUT2D eigenvalue weighted by atomic mass is 32.1. The minimum Gasteiger partial charge on any atom is -0.294 e. The Bertz CT molecular complexity index is 2760. The summed E-state index contributed by atoms with van der Waals surface area (Å²) in [7, 11) is -3.08. The maximum absolute atomic E-state index is 5.02. The monoisotopic (exact) mass is 727 g/mol. The first-order chi connectivity index (χ1) is 26.6. The molecule has 0 bridgehead atoms. The van der Waals surface area contributed by atoms with Crippen molar-refractivity contribution >= 4 is 77.5 Å². The quantitative estimate of drug-likeness (QED) is 0.126. The van der Waals surface area contributed by atoms with Gasteiger partial charge in [-0.15, -0.1) is 11.3 Å². The summed E-state index contributed by atoms with van der Waals surface area (Å²) in [5.74, 6) is 0.912. The first kappa shape index (κ1) is 32.5. The Balaban J connectivity index is 1.43. The van der Waals surface area contributed by atoms with Crippen molar-refractivity contribution < 1.29 is 0 Å². The van der Waals surface area contributed by atoms with E-state index in [1.54, 1.807) is 0 Å². The first-order valence-corrected chi connectivity index (χ1v) is 21.3. The Labute approximate surface area is 320 Å². The number of aromatic nitrogens is 2. The van der Waals surface area contributed by atoms with Crippen LogP contribution in [0.5, 0.6) is 0 Å². The molecule has 0 unspecified atom stereocenters. The van der Waals surface area contributed by atoms with Gasteiger partial charge in [-0.3, -0.25) is 9.88 Å². The Morgan fingerprint density at radius 1 is 0.556 bits per heavy atom. The molecule has 3 nitrogen and oxygen atoms in total. The number of hydrogen-bond acceptors (Lipinski definition) is 4. The number of para-hydroxylation sites is 1. The second kappa shape index (κ2) is 12.8. The summed E-state index contributed by atoms with van der Waals surface area (Å²) in [5.41, 5.74) is 6.79. The smallest absolute Gasteiger partial charge is 0.181 e. The number of nitrogens with zero attached hydrogens (tertiary/aromatic N) is 3. The predicted octanol–water partition coefficient (Wildman–Crippen LogP) is 10.00. The van der Waals surface area contributed by atoms with E-state index in [2.05, 4.69) is 183 Å². The zero-order chi connectivity index (χ0) is 36.3. The van der Waals surface area contributed by atoms with E-state index in [1.165, 1.54) is 63.4 Å². The molecule has 258 valence electrons. The van der Waals surface area contributed by atoms with Crippen LogP contribution in [0.3, 0.4) is 0 Å². The van der Waals surface area contributed by atoms with Gasteiger partial charge in [-0.2, -0.15) is 0 Å². The molecule has 10 rings (SSSR count). The molecule has 6 aromatic carbocycles. The highest BCUT2D eigenvalue weighted by Crippen LogP contribution is 2.55. The molecule has 0 fully saturated rings. The van der Waals surface area contributed by atoms with Crippen molar-refractivity contribution in [1.82, 2.24) is 9.97 Å². The van der Waals surface area contributed by atoms with Crippen LogP contribution in [0.4, 0.5) is 17.2 Å². The molecule has 5 heteroatoms. The summed E-state index contributed by atoms with van der Waals surface area (Å²) in [6, 6.07) is 64.7. The van der Waals surface area contributed by atoms with Crippen molar-refractivity contribution in [3.8, 4) is 11.3 Å². The molecule has 0 amide bonds. The lowest BCUT2D eigenvalue weighted by molar-refractivity contribution is 0.638. The second-order valence-corrected chi connectivity index (χ2v) is 19.4. The number of fused-ring (bicyclic) bond motifs is 6. The van der Waals surface area contributed by atoms with E-state index >= 15 is 0 Å². The lowest BCUT2D eigenvalue weighted by Gasteiger charge is -2.43. The van der Waals surface area contributed by atoms with Crippen LogP contribution in [0.1, 0.15) is 25.0 Å². The third-order valence-electron chi connectivity index (χ3n) is 11.3. The van der Waals surface area contributed by atoms with E-state index in [4.69, 9.17) is 9.97 Å². The molecular weight excluding hydrogens is 691 g/mol. The standard InChI is InChI=1S/C49H37N3SSi/c1-49(2)39-25-10-11-27-41(39)52(45-29-14-16-31-51-45)42-33-44(48-46(47(42)49)38-24-9-12-28-43(38)53-48)54(35-19-5-3-6-20-35,36-21-7-4-8-22-36)37-23-17-18-34(32-37)40-26-13-15-30-50-40/h3-33H,1-2H3. The summed E-state index contributed by atoms with van der Waals surface area (Å²) >= 11 is 1.94. The highest BCUT2D eigenvalue weighted by Gasteiger charge is 2.47. The van der Waals surface area contributed by atoms with Gasteiger partial charge >= 0.3 is 0 Å². The maximum atomic E-state index is 5.02. The molecule has 0 saturated heterocycles. The molecule has 4 heterocycles. The lowest BCUT2D eigenvalue weighted by Crippen LogP contribution is -2.75. The van der Waals surface area contributed by atoms with Crippen LogP contribution in [0.15, 0.2) is 188 Å². The zero-order valence-electron chi connectivity index (χ0n) is 30.1. The number of hydrogen-bond donors (Lipinski definition) is 0. The van der Waals surface area contributed by atoms with Crippen LogP contribution in [0, 0.1) is 0 Å². The highest BCUT2D eigenvalue weighted by molar-refractivity contribution is 7.30. The SMILES string of the molecule is CC1(C)c2ccccc2N(c2ccccn2)c2cc([Si](c3ccccc3)(c3ccccc3)c3cccc(-c4ccccn4)c3)c3sc4ccccc4c3c21. The lowest BCUT2D eigenvalue weighted by atomic mass is 9.72. The third kappa shape index (κ3) is 4.86. The molecular formula is C49H37N3SSi. The average molecular weight is 728 g/mol. The topological polar surface area (TPSA) is 29.0 Å². The van der Waals surface area contributed by atoms with E-state index in [0.29, 0.717) is 0 Å². The third-order valence-corrected chi connectivity index (χ3v) is 17.4. The second-order valence-electron chi connectivity index (χ2n) is 14.6. The number of rotatable bonds is 6. The van der Waals surface area contributed by atoms with E-state index < -0.39 is 8.07 Å². The van der Waals surface area contributed by atoms with E-state index in [0.717, 1.165) is 17.1 Å². The van der Waals surface area contributed by atoms with Gasteiger partial charge in [-0.1, -0.05) is 147 Å². The molecule has 1 aliphatic rings. The van der Waals surface area contributed by atoms with Crippen molar-refractivity contribution in [1.29, 1.82) is 0 Å². The van der Waals surface area contributed by atoms with Crippen molar-refractivity contribution in [2.24, 2.45) is 0 Å². The molecule has 0 radical (unpaired) electrons. The maximum Gasteiger partial charge on any atom is 0.181 e. The molecule has 9 aromatic rings. The van der Waals surface area contributed by atoms with Crippen LogP contribution in [-0.4, -0.2) is 18.0 Å². The van der Waals surface area contributed by atoms with Crippen LogP contribution in [0.2, 0.25) is 0 Å². The number of pyridine rings is 2. The van der Waals surface area contributed by atoms with Gasteiger partial charge in [0.2, 0.25) is 0 Å². The molecule has 0 saturated carbocycles. The molecule has 54 heavy (non-hydrogen) atoms. The van der Waals surface area contributed by atoms with Gasteiger partial charge in [0, 0.05) is 43.5 Å². The fraction of sp³-hybridized carbons (Fsp3) is 0.0612. The predicted molar refractivity (Wildman–Crippen MR) is 231 cm³/mol. The summed E-state index contributed by atoms with van der Waals surface area (Å²) in [6.45, 7) is 4.81. The van der Waals surface area contributed by atoms with E-state index in [-0.39, 0.29) is 5.41 Å². The van der Waals surface area contributed by atoms with Crippen molar-refractivity contribution in [2.45, 2.75) is 19.3 Å². The Morgan fingerprint density at radius 2 is 1.20 bits per heavy atom. The van der Waals surface area contributed by atoms with Crippen molar-refractivity contribution in [3.05, 3.63) is 199 Å². The van der Waals surface area contributed by atoms with Crippen LogP contribution >= 0.6 is 11.3 Å². The number of thiophene rings is 1. The zero-order valence-corrected chi connectivity index (χ0v) is 32.0. The summed E-state index contributed by atoms with van der Waals surface area (Å²) in [5, 5.41) is 8.02. The van der Waals surface area contributed by atoms with Crippen LogP contribution in [0.25, 0.3) is 31.4 Å². The average Bonchev–Trinajstić information content (AvgIpc) is 3.62. The summed E-state index contributed by atoms with van der Waals surface area (Å²) in [4.78, 5) is 12.3. The van der Waals surface area contributed by atoms with Crippen molar-refractivity contribution in [3.63, 3.8) is 0 Å².